The van der Waals surface area contributed by atoms with Crippen molar-refractivity contribution in [2.45, 2.75) is 0 Å². The second kappa shape index (κ2) is 11.4. The zero-order chi connectivity index (χ0) is 33.0. The molecule has 0 spiro atoms. The maximum Gasteiger partial charge on any atom is 0.238 e. The van der Waals surface area contributed by atoms with Crippen molar-refractivity contribution in [3.63, 3.8) is 0 Å². The molecule has 0 saturated carbocycles. The number of fused-ring (bicyclic) bond motifs is 6. The summed E-state index contributed by atoms with van der Waals surface area (Å²) in [5.41, 5.74) is 9.96. The molecular weight excluding hydrogens is 613 g/mol. The lowest BCUT2D eigenvalue weighted by molar-refractivity contribution is 0.670. The normalized spacial score (nSPS) is 11.6. The molecule has 10 rings (SSSR count). The van der Waals surface area contributed by atoms with Gasteiger partial charge in [0.25, 0.3) is 0 Å². The molecule has 0 aliphatic carbocycles. The van der Waals surface area contributed by atoms with Crippen LogP contribution in [-0.4, -0.2) is 19.5 Å². The zero-order valence-corrected chi connectivity index (χ0v) is 26.9. The second-order valence-electron chi connectivity index (χ2n) is 12.5. The van der Waals surface area contributed by atoms with E-state index >= 15 is 0 Å². The minimum Gasteiger partial charge on any atom is -0.455 e. The van der Waals surface area contributed by atoms with Crippen LogP contribution in [0.4, 0.5) is 0 Å². The Labute approximate surface area is 287 Å². The molecule has 0 atom stereocenters. The van der Waals surface area contributed by atoms with E-state index in [1.807, 2.05) is 42.5 Å². The topological polar surface area (TPSA) is 56.7 Å². The van der Waals surface area contributed by atoms with E-state index in [-0.39, 0.29) is 0 Å². The van der Waals surface area contributed by atoms with Gasteiger partial charge in [0, 0.05) is 38.2 Å². The third kappa shape index (κ3) is 4.60. The number of hydrogen-bond donors (Lipinski definition) is 0. The standard InChI is InChI=1S/C45H28N4O/c1-4-13-29(14-5-1)32-23-25-36-35-19-10-11-22-39(35)49(40(36)27-32)45-47-43(31-17-8-3-9-18-31)46-44(48-45)33-24-26-37-38-21-12-20-34(30-15-6-2-7-16-30)42(38)50-41(37)28-33/h1-28H. The summed E-state index contributed by atoms with van der Waals surface area (Å²) in [7, 11) is 0. The van der Waals surface area contributed by atoms with Crippen molar-refractivity contribution in [3.8, 4) is 51.0 Å². The molecule has 3 aromatic heterocycles. The first kappa shape index (κ1) is 28.2. The number of para-hydroxylation sites is 2. The van der Waals surface area contributed by atoms with Gasteiger partial charge in [-0.15, -0.1) is 0 Å². The summed E-state index contributed by atoms with van der Waals surface area (Å²) in [6.45, 7) is 0. The maximum absolute atomic E-state index is 6.61. The SMILES string of the molecule is c1ccc(-c2ccc3c4ccccc4n(-c4nc(-c5ccccc5)nc(-c5ccc6c(c5)oc5c(-c7ccccc7)cccc56)n4)c3c2)cc1. The maximum atomic E-state index is 6.61. The lowest BCUT2D eigenvalue weighted by Gasteiger charge is -2.11. The molecule has 0 fully saturated rings. The molecule has 7 aromatic carbocycles. The first-order valence-corrected chi connectivity index (χ1v) is 16.7. The van der Waals surface area contributed by atoms with Gasteiger partial charge in [-0.25, -0.2) is 4.98 Å². The van der Waals surface area contributed by atoms with Crippen LogP contribution in [0.25, 0.3) is 94.7 Å². The molecule has 10 aromatic rings. The average molecular weight is 641 g/mol. The number of aromatic nitrogens is 4. The number of benzene rings is 7. The third-order valence-corrected chi connectivity index (χ3v) is 9.48. The molecule has 5 nitrogen and oxygen atoms in total. The van der Waals surface area contributed by atoms with Gasteiger partial charge in [0.15, 0.2) is 11.6 Å². The Balaban J connectivity index is 1.20. The Morgan fingerprint density at radius 1 is 0.380 bits per heavy atom. The van der Waals surface area contributed by atoms with Crippen molar-refractivity contribution in [2.75, 3.05) is 0 Å². The van der Waals surface area contributed by atoms with E-state index in [1.165, 1.54) is 0 Å². The van der Waals surface area contributed by atoms with Gasteiger partial charge in [0.1, 0.15) is 11.2 Å². The van der Waals surface area contributed by atoms with E-state index in [4.69, 9.17) is 19.4 Å². The molecular formula is C45H28N4O. The molecule has 0 bridgehead atoms. The lowest BCUT2D eigenvalue weighted by Crippen LogP contribution is -2.06. The molecule has 0 aliphatic heterocycles. The van der Waals surface area contributed by atoms with Crippen LogP contribution < -0.4 is 0 Å². The van der Waals surface area contributed by atoms with Gasteiger partial charge in [-0.1, -0.05) is 146 Å². The Bertz CT molecular complexity index is 2860. The summed E-state index contributed by atoms with van der Waals surface area (Å²) in [6, 6.07) is 58.6. The van der Waals surface area contributed by atoms with Crippen LogP contribution in [0.2, 0.25) is 0 Å². The third-order valence-electron chi connectivity index (χ3n) is 9.48. The number of hydrogen-bond acceptors (Lipinski definition) is 4. The van der Waals surface area contributed by atoms with Gasteiger partial charge in [0.2, 0.25) is 5.95 Å². The molecule has 0 saturated heterocycles. The van der Waals surface area contributed by atoms with E-state index in [0.717, 1.165) is 77.1 Å². The Morgan fingerprint density at radius 3 is 1.76 bits per heavy atom. The van der Waals surface area contributed by atoms with Crippen molar-refractivity contribution >= 4 is 43.7 Å². The van der Waals surface area contributed by atoms with Crippen LogP contribution in [0.1, 0.15) is 0 Å². The van der Waals surface area contributed by atoms with Crippen molar-refractivity contribution in [1.29, 1.82) is 0 Å². The fourth-order valence-electron chi connectivity index (χ4n) is 7.09. The monoisotopic (exact) mass is 640 g/mol. The predicted octanol–water partition coefficient (Wildman–Crippen LogP) is 11.5. The summed E-state index contributed by atoms with van der Waals surface area (Å²) in [6.07, 6.45) is 0. The molecule has 234 valence electrons. The van der Waals surface area contributed by atoms with Crippen LogP contribution >= 0.6 is 0 Å². The summed E-state index contributed by atoms with van der Waals surface area (Å²) in [5, 5.41) is 4.41. The zero-order valence-electron chi connectivity index (χ0n) is 26.9. The largest absolute Gasteiger partial charge is 0.455 e. The fraction of sp³-hybridized carbons (Fsp3) is 0. The Hall–Kier alpha value is -6.85. The molecule has 0 unspecified atom stereocenters. The summed E-state index contributed by atoms with van der Waals surface area (Å²) < 4.78 is 8.78. The van der Waals surface area contributed by atoms with Crippen molar-refractivity contribution in [3.05, 3.63) is 170 Å². The Kier molecular flexibility index (Phi) is 6.42. The van der Waals surface area contributed by atoms with Gasteiger partial charge in [-0.2, -0.15) is 9.97 Å². The molecule has 0 amide bonds. The van der Waals surface area contributed by atoms with Gasteiger partial charge >= 0.3 is 0 Å². The highest BCUT2D eigenvalue weighted by Gasteiger charge is 2.19. The van der Waals surface area contributed by atoms with Crippen molar-refractivity contribution < 1.29 is 4.42 Å². The number of nitrogens with zero attached hydrogens (tertiary/aromatic N) is 4. The van der Waals surface area contributed by atoms with Gasteiger partial charge in [0.05, 0.1) is 11.0 Å². The highest BCUT2D eigenvalue weighted by molar-refractivity contribution is 6.11. The van der Waals surface area contributed by atoms with Gasteiger partial charge < -0.3 is 4.42 Å². The smallest absolute Gasteiger partial charge is 0.238 e. The quantitative estimate of drug-likeness (QED) is 0.188. The first-order chi connectivity index (χ1) is 24.8. The van der Waals surface area contributed by atoms with Gasteiger partial charge in [-0.05, 0) is 41.0 Å². The summed E-state index contributed by atoms with van der Waals surface area (Å²) >= 11 is 0. The molecule has 3 heterocycles. The van der Waals surface area contributed by atoms with E-state index in [9.17, 15) is 0 Å². The molecule has 50 heavy (non-hydrogen) atoms. The number of furan rings is 1. The van der Waals surface area contributed by atoms with Crippen LogP contribution in [0.3, 0.4) is 0 Å². The minimum absolute atomic E-state index is 0.557. The lowest BCUT2D eigenvalue weighted by atomic mass is 10.0. The molecule has 0 N–H and O–H groups in total. The van der Waals surface area contributed by atoms with Crippen molar-refractivity contribution in [1.82, 2.24) is 19.5 Å². The second-order valence-corrected chi connectivity index (χ2v) is 12.5. The van der Waals surface area contributed by atoms with Crippen LogP contribution in [-0.2, 0) is 0 Å². The van der Waals surface area contributed by atoms with Gasteiger partial charge in [-0.3, -0.25) is 4.57 Å². The van der Waals surface area contributed by atoms with Crippen LogP contribution in [0.15, 0.2) is 174 Å². The molecule has 0 radical (unpaired) electrons. The van der Waals surface area contributed by atoms with Crippen LogP contribution in [0.5, 0.6) is 0 Å². The molecule has 5 heteroatoms. The highest BCUT2D eigenvalue weighted by atomic mass is 16.3. The average Bonchev–Trinajstić information content (AvgIpc) is 3.74. The van der Waals surface area contributed by atoms with E-state index in [1.54, 1.807) is 0 Å². The van der Waals surface area contributed by atoms with E-state index in [2.05, 4.69) is 132 Å². The van der Waals surface area contributed by atoms with Crippen molar-refractivity contribution in [2.24, 2.45) is 0 Å². The van der Waals surface area contributed by atoms with Crippen LogP contribution in [0, 0.1) is 0 Å². The highest BCUT2D eigenvalue weighted by Crippen LogP contribution is 2.38. The summed E-state index contributed by atoms with van der Waals surface area (Å²) in [4.78, 5) is 15.4. The minimum atomic E-state index is 0.557. The van der Waals surface area contributed by atoms with E-state index < -0.39 is 0 Å². The first-order valence-electron chi connectivity index (χ1n) is 16.7. The van der Waals surface area contributed by atoms with E-state index in [0.29, 0.717) is 17.6 Å². The predicted molar refractivity (Wildman–Crippen MR) is 203 cm³/mol. The molecule has 0 aliphatic rings. The Morgan fingerprint density at radius 2 is 0.980 bits per heavy atom. The number of rotatable bonds is 5. The summed E-state index contributed by atoms with van der Waals surface area (Å²) in [5.74, 6) is 1.73. The fourth-order valence-corrected chi connectivity index (χ4v) is 7.09.